The van der Waals surface area contributed by atoms with Gasteiger partial charge in [-0.05, 0) is 49.7 Å². The molecule has 0 saturated carbocycles. The fourth-order valence-electron chi connectivity index (χ4n) is 2.72. The normalized spacial score (nSPS) is 10.7. The Kier molecular flexibility index (Phi) is 10.0. The number of allylic oxidation sites excluding steroid dienone is 1. The van der Waals surface area contributed by atoms with Crippen LogP contribution in [0, 0.1) is 0 Å². The van der Waals surface area contributed by atoms with Crippen LogP contribution in [0.1, 0.15) is 75.8 Å². The third-order valence-corrected chi connectivity index (χ3v) is 4.02. The maximum Gasteiger partial charge on any atom is -0.0276 e. The van der Waals surface area contributed by atoms with E-state index in [0.29, 0.717) is 0 Å². The van der Waals surface area contributed by atoms with Crippen LogP contribution in [-0.2, 0) is 12.8 Å². The zero-order valence-electron chi connectivity index (χ0n) is 13.4. The second-order valence-electron chi connectivity index (χ2n) is 5.82. The van der Waals surface area contributed by atoms with Gasteiger partial charge in [0.15, 0.2) is 0 Å². The van der Waals surface area contributed by atoms with Gasteiger partial charge >= 0.3 is 0 Å². The van der Waals surface area contributed by atoms with Gasteiger partial charge in [-0.3, -0.25) is 0 Å². The highest BCUT2D eigenvalue weighted by Gasteiger charge is 2.01. The summed E-state index contributed by atoms with van der Waals surface area (Å²) in [5.74, 6) is 0. The minimum atomic E-state index is 1.19. The fourth-order valence-corrected chi connectivity index (χ4v) is 2.72. The number of benzene rings is 1. The average molecular weight is 272 g/mol. The van der Waals surface area contributed by atoms with E-state index in [2.05, 4.69) is 37.8 Å². The molecule has 0 aliphatic heterocycles. The molecule has 0 atom stereocenters. The van der Waals surface area contributed by atoms with E-state index < -0.39 is 0 Å². The van der Waals surface area contributed by atoms with Crippen LogP contribution in [0.4, 0.5) is 0 Å². The minimum Gasteiger partial charge on any atom is -0.103 e. The Morgan fingerprint density at radius 3 is 1.95 bits per heavy atom. The molecule has 0 nitrogen and oxygen atoms in total. The summed E-state index contributed by atoms with van der Waals surface area (Å²) in [6, 6.07) is 9.03. The largest absolute Gasteiger partial charge is 0.103 e. The first-order valence-corrected chi connectivity index (χ1v) is 8.56. The van der Waals surface area contributed by atoms with Crippen molar-refractivity contribution < 1.29 is 0 Å². The van der Waals surface area contributed by atoms with Crippen LogP contribution in [0.5, 0.6) is 0 Å². The molecule has 1 rings (SSSR count). The van der Waals surface area contributed by atoms with E-state index in [9.17, 15) is 0 Å². The highest BCUT2D eigenvalue weighted by atomic mass is 14.1. The summed E-state index contributed by atoms with van der Waals surface area (Å²) in [7, 11) is 0. The smallest absolute Gasteiger partial charge is 0.0276 e. The standard InChI is InChI=1S/C20H32/c1-3-5-7-8-9-10-11-12-16-20-18-14-13-17-19(20)15-6-4-2/h3,13-14,17-18H,1,4-12,15-16H2,2H3. The van der Waals surface area contributed by atoms with E-state index in [1.54, 1.807) is 11.1 Å². The molecular formula is C20H32. The zero-order valence-corrected chi connectivity index (χ0v) is 13.4. The molecule has 0 aliphatic rings. The maximum absolute atomic E-state index is 3.77. The van der Waals surface area contributed by atoms with Gasteiger partial charge in [0.2, 0.25) is 0 Å². The minimum absolute atomic E-state index is 1.19. The predicted molar refractivity (Wildman–Crippen MR) is 91.3 cm³/mol. The Balaban J connectivity index is 2.16. The summed E-state index contributed by atoms with van der Waals surface area (Å²) >= 11 is 0. The number of rotatable bonds is 12. The first-order chi connectivity index (χ1) is 9.88. The number of hydrogen-bond acceptors (Lipinski definition) is 0. The van der Waals surface area contributed by atoms with Gasteiger partial charge in [0.25, 0.3) is 0 Å². The van der Waals surface area contributed by atoms with E-state index in [1.165, 1.54) is 70.6 Å². The summed E-state index contributed by atoms with van der Waals surface area (Å²) in [6.45, 7) is 6.04. The lowest BCUT2D eigenvalue weighted by Gasteiger charge is -2.09. The van der Waals surface area contributed by atoms with Gasteiger partial charge < -0.3 is 0 Å². The molecule has 0 aromatic heterocycles. The van der Waals surface area contributed by atoms with Crippen molar-refractivity contribution in [3.05, 3.63) is 48.0 Å². The van der Waals surface area contributed by atoms with Crippen LogP contribution in [0.2, 0.25) is 0 Å². The summed E-state index contributed by atoms with van der Waals surface area (Å²) in [5, 5.41) is 0. The monoisotopic (exact) mass is 272 g/mol. The zero-order chi connectivity index (χ0) is 14.5. The molecule has 0 unspecified atom stereocenters. The van der Waals surface area contributed by atoms with Crippen LogP contribution < -0.4 is 0 Å². The molecule has 20 heavy (non-hydrogen) atoms. The SMILES string of the molecule is C=CCCCCCCCCc1ccccc1CCCC. The second-order valence-corrected chi connectivity index (χ2v) is 5.82. The highest BCUT2D eigenvalue weighted by molar-refractivity contribution is 5.27. The fraction of sp³-hybridized carbons (Fsp3) is 0.600. The number of aryl methyl sites for hydroxylation is 2. The first kappa shape index (κ1) is 17.0. The van der Waals surface area contributed by atoms with E-state index in [1.807, 2.05) is 6.08 Å². The first-order valence-electron chi connectivity index (χ1n) is 8.56. The molecule has 1 aromatic carbocycles. The van der Waals surface area contributed by atoms with E-state index in [4.69, 9.17) is 0 Å². The Morgan fingerprint density at radius 1 is 0.800 bits per heavy atom. The second kappa shape index (κ2) is 11.8. The Hall–Kier alpha value is -1.04. The summed E-state index contributed by atoms with van der Waals surface area (Å²) in [5.41, 5.74) is 3.17. The Morgan fingerprint density at radius 2 is 1.35 bits per heavy atom. The van der Waals surface area contributed by atoms with Crippen LogP contribution in [0.3, 0.4) is 0 Å². The molecule has 0 spiro atoms. The number of unbranched alkanes of at least 4 members (excludes halogenated alkanes) is 7. The summed E-state index contributed by atoms with van der Waals surface area (Å²) in [4.78, 5) is 0. The molecule has 1 aromatic rings. The van der Waals surface area contributed by atoms with Crippen molar-refractivity contribution in [2.75, 3.05) is 0 Å². The van der Waals surface area contributed by atoms with Crippen molar-refractivity contribution in [2.45, 2.75) is 77.6 Å². The molecule has 0 radical (unpaired) electrons. The lowest BCUT2D eigenvalue weighted by Crippen LogP contribution is -1.94. The quantitative estimate of drug-likeness (QED) is 0.301. The molecule has 112 valence electrons. The van der Waals surface area contributed by atoms with Gasteiger partial charge in [0.05, 0.1) is 0 Å². The van der Waals surface area contributed by atoms with Gasteiger partial charge in [0.1, 0.15) is 0 Å². The number of hydrogen-bond donors (Lipinski definition) is 0. The van der Waals surface area contributed by atoms with Crippen molar-refractivity contribution in [1.82, 2.24) is 0 Å². The average Bonchev–Trinajstić information content (AvgIpc) is 2.49. The lowest BCUT2D eigenvalue weighted by molar-refractivity contribution is 0.596. The van der Waals surface area contributed by atoms with Gasteiger partial charge in [-0.1, -0.05) is 69.4 Å². The van der Waals surface area contributed by atoms with Crippen LogP contribution >= 0.6 is 0 Å². The molecule has 0 heterocycles. The third-order valence-electron chi connectivity index (χ3n) is 4.02. The van der Waals surface area contributed by atoms with Gasteiger partial charge in [-0.2, -0.15) is 0 Å². The predicted octanol–water partition coefficient (Wildman–Crippen LogP) is 6.49. The van der Waals surface area contributed by atoms with Crippen molar-refractivity contribution in [2.24, 2.45) is 0 Å². The topological polar surface area (TPSA) is 0 Å². The molecule has 0 aliphatic carbocycles. The summed E-state index contributed by atoms with van der Waals surface area (Å²) in [6.07, 6.45) is 16.6. The third kappa shape index (κ3) is 7.53. The van der Waals surface area contributed by atoms with Crippen molar-refractivity contribution in [3.63, 3.8) is 0 Å². The molecule has 0 amide bonds. The van der Waals surface area contributed by atoms with E-state index in [0.717, 1.165) is 0 Å². The molecule has 0 heteroatoms. The van der Waals surface area contributed by atoms with Crippen LogP contribution in [0.25, 0.3) is 0 Å². The highest BCUT2D eigenvalue weighted by Crippen LogP contribution is 2.16. The molecular weight excluding hydrogens is 240 g/mol. The van der Waals surface area contributed by atoms with Crippen molar-refractivity contribution in [3.8, 4) is 0 Å². The Bertz CT molecular complexity index is 351. The van der Waals surface area contributed by atoms with Crippen LogP contribution in [-0.4, -0.2) is 0 Å². The van der Waals surface area contributed by atoms with E-state index >= 15 is 0 Å². The lowest BCUT2D eigenvalue weighted by atomic mass is 9.97. The molecule has 0 N–H and O–H groups in total. The van der Waals surface area contributed by atoms with Gasteiger partial charge in [0, 0.05) is 0 Å². The van der Waals surface area contributed by atoms with Crippen molar-refractivity contribution >= 4 is 0 Å². The van der Waals surface area contributed by atoms with Crippen molar-refractivity contribution in [1.29, 1.82) is 0 Å². The van der Waals surface area contributed by atoms with Crippen LogP contribution in [0.15, 0.2) is 36.9 Å². The molecule has 0 saturated heterocycles. The molecule has 0 bridgehead atoms. The maximum atomic E-state index is 3.77. The van der Waals surface area contributed by atoms with Gasteiger partial charge in [-0.15, -0.1) is 6.58 Å². The van der Waals surface area contributed by atoms with Gasteiger partial charge in [-0.25, -0.2) is 0 Å². The molecule has 0 fully saturated rings. The Labute approximate surface area is 126 Å². The summed E-state index contributed by atoms with van der Waals surface area (Å²) < 4.78 is 0. The van der Waals surface area contributed by atoms with E-state index in [-0.39, 0.29) is 0 Å².